The summed E-state index contributed by atoms with van der Waals surface area (Å²) < 4.78 is 0. The van der Waals surface area contributed by atoms with E-state index in [-0.39, 0.29) is 5.91 Å². The normalized spacial score (nSPS) is 12.1. The standard InChI is InChI=1S/C17H23N3O2/c1-12-15(13(2)20-19-12)8-9-17(22)18-11-10-16(21)14-6-4-3-5-7-14/h3-7,16,21H,8-11H2,1-2H3,(H,18,22)(H,19,20). The Balaban J connectivity index is 1.70. The number of benzene rings is 1. The average Bonchev–Trinajstić information content (AvgIpc) is 2.84. The molecule has 1 aromatic carbocycles. The van der Waals surface area contributed by atoms with E-state index >= 15 is 0 Å². The molecule has 0 saturated carbocycles. The Morgan fingerprint density at radius 3 is 2.68 bits per heavy atom. The van der Waals surface area contributed by atoms with E-state index in [1.807, 2.05) is 44.2 Å². The van der Waals surface area contributed by atoms with Crippen LogP contribution in [0.25, 0.3) is 0 Å². The second kappa shape index (κ2) is 7.75. The average molecular weight is 301 g/mol. The molecule has 22 heavy (non-hydrogen) atoms. The molecule has 5 nitrogen and oxygen atoms in total. The van der Waals surface area contributed by atoms with E-state index in [0.717, 1.165) is 22.5 Å². The van der Waals surface area contributed by atoms with Crippen LogP contribution in [-0.2, 0) is 11.2 Å². The number of rotatable bonds is 7. The van der Waals surface area contributed by atoms with Crippen molar-refractivity contribution in [1.82, 2.24) is 15.5 Å². The summed E-state index contributed by atoms with van der Waals surface area (Å²) in [6.45, 7) is 4.37. The molecule has 0 bridgehead atoms. The van der Waals surface area contributed by atoms with Crippen molar-refractivity contribution in [2.75, 3.05) is 6.54 Å². The van der Waals surface area contributed by atoms with Gasteiger partial charge in [0.1, 0.15) is 0 Å². The van der Waals surface area contributed by atoms with Crippen molar-refractivity contribution < 1.29 is 9.90 Å². The maximum atomic E-state index is 11.9. The van der Waals surface area contributed by atoms with Gasteiger partial charge in [0.2, 0.25) is 5.91 Å². The molecule has 2 rings (SSSR count). The molecule has 1 amide bonds. The highest BCUT2D eigenvalue weighted by atomic mass is 16.3. The lowest BCUT2D eigenvalue weighted by atomic mass is 10.1. The van der Waals surface area contributed by atoms with E-state index in [0.29, 0.717) is 25.8 Å². The maximum Gasteiger partial charge on any atom is 0.220 e. The van der Waals surface area contributed by atoms with E-state index in [1.54, 1.807) is 0 Å². The summed E-state index contributed by atoms with van der Waals surface area (Å²) in [7, 11) is 0. The third-order valence-corrected chi connectivity index (χ3v) is 3.81. The number of nitrogens with one attached hydrogen (secondary N) is 2. The molecule has 1 unspecified atom stereocenters. The monoisotopic (exact) mass is 301 g/mol. The van der Waals surface area contributed by atoms with Gasteiger partial charge in [-0.15, -0.1) is 0 Å². The first kappa shape index (κ1) is 16.2. The number of aliphatic hydroxyl groups is 1. The molecular formula is C17H23N3O2. The summed E-state index contributed by atoms with van der Waals surface area (Å²) in [6, 6.07) is 9.48. The van der Waals surface area contributed by atoms with E-state index in [4.69, 9.17) is 0 Å². The Bertz CT molecular complexity index is 588. The number of aliphatic hydroxyl groups excluding tert-OH is 1. The first-order valence-corrected chi connectivity index (χ1v) is 7.58. The number of carbonyl (C=O) groups is 1. The number of hydrogen-bond donors (Lipinski definition) is 3. The minimum atomic E-state index is -0.542. The fourth-order valence-electron chi connectivity index (χ4n) is 2.46. The number of aromatic nitrogens is 2. The van der Waals surface area contributed by atoms with Gasteiger partial charge in [0, 0.05) is 18.7 Å². The minimum absolute atomic E-state index is 0.000242. The van der Waals surface area contributed by atoms with E-state index in [2.05, 4.69) is 15.5 Å². The van der Waals surface area contributed by atoms with Gasteiger partial charge >= 0.3 is 0 Å². The molecule has 0 aliphatic heterocycles. The van der Waals surface area contributed by atoms with Crippen LogP contribution in [0.1, 0.15) is 41.5 Å². The van der Waals surface area contributed by atoms with Crippen LogP contribution in [0.5, 0.6) is 0 Å². The summed E-state index contributed by atoms with van der Waals surface area (Å²) >= 11 is 0. The molecule has 0 aliphatic carbocycles. The molecule has 1 heterocycles. The first-order valence-electron chi connectivity index (χ1n) is 7.58. The minimum Gasteiger partial charge on any atom is -0.388 e. The third kappa shape index (κ3) is 4.43. The van der Waals surface area contributed by atoms with Crippen LogP contribution in [0, 0.1) is 13.8 Å². The quantitative estimate of drug-likeness (QED) is 0.733. The molecule has 0 radical (unpaired) electrons. The number of amides is 1. The van der Waals surface area contributed by atoms with Gasteiger partial charge in [-0.05, 0) is 37.8 Å². The van der Waals surface area contributed by atoms with Gasteiger partial charge in [-0.2, -0.15) is 5.10 Å². The summed E-state index contributed by atoms with van der Waals surface area (Å²) in [5, 5.41) is 19.9. The fraction of sp³-hybridized carbons (Fsp3) is 0.412. The number of aromatic amines is 1. The van der Waals surface area contributed by atoms with Gasteiger partial charge in [0.15, 0.2) is 0 Å². The predicted octanol–water partition coefficient (Wildman–Crippen LogP) is 2.20. The maximum absolute atomic E-state index is 11.9. The van der Waals surface area contributed by atoms with Crippen molar-refractivity contribution in [2.24, 2.45) is 0 Å². The molecule has 0 aliphatic rings. The molecule has 2 aromatic rings. The first-order chi connectivity index (χ1) is 10.6. The molecule has 0 saturated heterocycles. The lowest BCUT2D eigenvalue weighted by molar-refractivity contribution is -0.121. The fourth-order valence-corrected chi connectivity index (χ4v) is 2.46. The number of aryl methyl sites for hydroxylation is 2. The molecule has 118 valence electrons. The third-order valence-electron chi connectivity index (χ3n) is 3.81. The molecule has 1 aromatic heterocycles. The van der Waals surface area contributed by atoms with E-state index < -0.39 is 6.10 Å². The molecular weight excluding hydrogens is 278 g/mol. The largest absolute Gasteiger partial charge is 0.388 e. The second-order valence-corrected chi connectivity index (χ2v) is 5.48. The lowest BCUT2D eigenvalue weighted by Crippen LogP contribution is -2.26. The van der Waals surface area contributed by atoms with Gasteiger partial charge in [-0.1, -0.05) is 30.3 Å². The zero-order valence-corrected chi connectivity index (χ0v) is 13.1. The number of carbonyl (C=O) groups excluding carboxylic acids is 1. The van der Waals surface area contributed by atoms with E-state index in [1.165, 1.54) is 0 Å². The Labute approximate surface area is 130 Å². The highest BCUT2D eigenvalue weighted by Gasteiger charge is 2.10. The van der Waals surface area contributed by atoms with Crippen LogP contribution in [0.3, 0.4) is 0 Å². The van der Waals surface area contributed by atoms with Crippen LogP contribution in [0.2, 0.25) is 0 Å². The summed E-state index contributed by atoms with van der Waals surface area (Å²) in [5.74, 6) is 0.000242. The van der Waals surface area contributed by atoms with Crippen LogP contribution in [0.4, 0.5) is 0 Å². The lowest BCUT2D eigenvalue weighted by Gasteiger charge is -2.11. The summed E-state index contributed by atoms with van der Waals surface area (Å²) in [4.78, 5) is 11.9. The molecule has 5 heteroatoms. The smallest absolute Gasteiger partial charge is 0.220 e. The molecule has 0 fully saturated rings. The molecule has 1 atom stereocenters. The SMILES string of the molecule is Cc1n[nH]c(C)c1CCC(=O)NCCC(O)c1ccccc1. The van der Waals surface area contributed by atoms with Crippen molar-refractivity contribution in [3.05, 3.63) is 52.8 Å². The van der Waals surface area contributed by atoms with Crippen molar-refractivity contribution in [1.29, 1.82) is 0 Å². The Morgan fingerprint density at radius 2 is 2.05 bits per heavy atom. The highest BCUT2D eigenvalue weighted by molar-refractivity contribution is 5.76. The van der Waals surface area contributed by atoms with Crippen molar-refractivity contribution >= 4 is 5.91 Å². The number of nitrogens with zero attached hydrogens (tertiary/aromatic N) is 1. The van der Waals surface area contributed by atoms with Gasteiger partial charge in [0.25, 0.3) is 0 Å². The van der Waals surface area contributed by atoms with Gasteiger partial charge in [-0.25, -0.2) is 0 Å². The van der Waals surface area contributed by atoms with Crippen LogP contribution in [-0.4, -0.2) is 27.8 Å². The topological polar surface area (TPSA) is 78.0 Å². The Kier molecular flexibility index (Phi) is 5.72. The van der Waals surface area contributed by atoms with Crippen LogP contribution in [0.15, 0.2) is 30.3 Å². The van der Waals surface area contributed by atoms with Gasteiger partial charge in [0.05, 0.1) is 11.8 Å². The van der Waals surface area contributed by atoms with Crippen molar-refractivity contribution in [3.63, 3.8) is 0 Å². The van der Waals surface area contributed by atoms with E-state index in [9.17, 15) is 9.90 Å². The molecule has 0 spiro atoms. The Hall–Kier alpha value is -2.14. The van der Waals surface area contributed by atoms with Crippen LogP contribution >= 0.6 is 0 Å². The second-order valence-electron chi connectivity index (χ2n) is 5.48. The van der Waals surface area contributed by atoms with Gasteiger partial charge in [-0.3, -0.25) is 9.89 Å². The molecule has 3 N–H and O–H groups in total. The summed E-state index contributed by atoms with van der Waals surface area (Å²) in [5.41, 5.74) is 3.95. The van der Waals surface area contributed by atoms with Crippen molar-refractivity contribution in [2.45, 2.75) is 39.2 Å². The zero-order chi connectivity index (χ0) is 15.9. The van der Waals surface area contributed by atoms with Gasteiger partial charge < -0.3 is 10.4 Å². The summed E-state index contributed by atoms with van der Waals surface area (Å²) in [6.07, 6.45) is 1.09. The zero-order valence-electron chi connectivity index (χ0n) is 13.1. The number of H-pyrrole nitrogens is 1. The predicted molar refractivity (Wildman–Crippen MR) is 85.4 cm³/mol. The number of hydrogen-bond acceptors (Lipinski definition) is 3. The van der Waals surface area contributed by atoms with Crippen LogP contribution < -0.4 is 5.32 Å². The van der Waals surface area contributed by atoms with Crippen molar-refractivity contribution in [3.8, 4) is 0 Å². The highest BCUT2D eigenvalue weighted by Crippen LogP contribution is 2.15. The Morgan fingerprint density at radius 1 is 1.32 bits per heavy atom.